The van der Waals surface area contributed by atoms with E-state index in [2.05, 4.69) is 77.3 Å². The Labute approximate surface area is 256 Å². The highest BCUT2D eigenvalue weighted by atomic mass is 32.2. The molecule has 3 aromatic carbocycles. The van der Waals surface area contributed by atoms with E-state index in [-0.39, 0.29) is 27.7 Å². The maximum atomic E-state index is 13.0. The second kappa shape index (κ2) is 11.0. The minimum Gasteiger partial charge on any atom is -0.483 e. The SMILES string of the molecule is CC1(C)C=Cc2c(c(CNCCCOc3no[n+]([O-])c3S(=O)(=O)c3ccccc3)cc3c2[nH]c2ccc(C(C)(C)C)cc23)O1. The van der Waals surface area contributed by atoms with Crippen molar-refractivity contribution in [3.63, 3.8) is 0 Å². The Morgan fingerprint density at radius 1 is 1.09 bits per heavy atom. The summed E-state index contributed by atoms with van der Waals surface area (Å²) in [7, 11) is -4.17. The fourth-order valence-corrected chi connectivity index (χ4v) is 6.68. The number of nitrogens with zero attached hydrogens (tertiary/aromatic N) is 2. The lowest BCUT2D eigenvalue weighted by atomic mass is 9.86. The van der Waals surface area contributed by atoms with Gasteiger partial charge < -0.3 is 25.0 Å². The van der Waals surface area contributed by atoms with Gasteiger partial charge in [0.25, 0.3) is 9.84 Å². The number of aromatic amines is 1. The quantitative estimate of drug-likeness (QED) is 0.156. The molecule has 3 heterocycles. The number of H-pyrrole nitrogens is 1. The van der Waals surface area contributed by atoms with E-state index in [0.717, 1.165) is 33.3 Å². The number of sulfone groups is 1. The highest BCUT2D eigenvalue weighted by Crippen LogP contribution is 2.42. The van der Waals surface area contributed by atoms with Gasteiger partial charge >= 0.3 is 10.9 Å². The average molecular weight is 617 g/mol. The largest absolute Gasteiger partial charge is 0.483 e. The third-order valence-electron chi connectivity index (χ3n) is 7.75. The Hall–Kier alpha value is -4.35. The van der Waals surface area contributed by atoms with Gasteiger partial charge in [0.1, 0.15) is 11.4 Å². The van der Waals surface area contributed by atoms with Crippen molar-refractivity contribution in [2.45, 2.75) is 68.5 Å². The van der Waals surface area contributed by atoms with Crippen molar-refractivity contribution in [1.29, 1.82) is 0 Å². The number of aromatic nitrogens is 3. The van der Waals surface area contributed by atoms with Crippen molar-refractivity contribution < 1.29 is 27.4 Å². The Morgan fingerprint density at radius 2 is 1.86 bits per heavy atom. The maximum absolute atomic E-state index is 13.0. The number of hydrogen-bond donors (Lipinski definition) is 2. The third-order valence-corrected chi connectivity index (χ3v) is 9.48. The van der Waals surface area contributed by atoms with E-state index in [1.807, 2.05) is 13.8 Å². The molecule has 0 atom stereocenters. The Bertz CT molecular complexity index is 1990. The zero-order valence-electron chi connectivity index (χ0n) is 25.4. The molecule has 0 radical (unpaired) electrons. The van der Waals surface area contributed by atoms with Crippen LogP contribution in [0.2, 0.25) is 0 Å². The number of hydrogen-bond acceptors (Lipinski definition) is 8. The van der Waals surface area contributed by atoms with Gasteiger partial charge in [-0.2, -0.15) is 0 Å². The van der Waals surface area contributed by atoms with Crippen molar-refractivity contribution in [2.75, 3.05) is 13.2 Å². The molecule has 2 N–H and O–H groups in total. The summed E-state index contributed by atoms with van der Waals surface area (Å²) in [5.74, 6) is 0.481. The Kier molecular flexibility index (Phi) is 7.41. The van der Waals surface area contributed by atoms with E-state index >= 15 is 0 Å². The topological polar surface area (TPSA) is 133 Å². The van der Waals surface area contributed by atoms with E-state index in [1.165, 1.54) is 23.1 Å². The molecule has 1 aliphatic heterocycles. The third kappa shape index (κ3) is 5.53. The lowest BCUT2D eigenvalue weighted by Gasteiger charge is -2.30. The number of fused-ring (bicyclic) bond motifs is 5. The molecule has 0 amide bonds. The van der Waals surface area contributed by atoms with Crippen molar-refractivity contribution >= 4 is 37.7 Å². The van der Waals surface area contributed by atoms with E-state index < -0.39 is 20.5 Å². The molecule has 0 saturated heterocycles. The number of benzene rings is 3. The van der Waals surface area contributed by atoms with E-state index in [1.54, 1.807) is 18.2 Å². The van der Waals surface area contributed by atoms with Crippen LogP contribution in [0.3, 0.4) is 0 Å². The summed E-state index contributed by atoms with van der Waals surface area (Å²) in [5.41, 5.74) is 5.05. The average Bonchev–Trinajstić information content (AvgIpc) is 3.54. The Morgan fingerprint density at radius 3 is 2.61 bits per heavy atom. The standard InChI is InChI=1S/C33H36N4O6S/c1-32(2,3)22-12-13-27-25(19-22)26-18-21(29-24(28(26)35-27)14-15-33(4,5)42-29)20-34-16-9-17-41-30-31(37(38)43-36-30)44(39,40)23-10-7-6-8-11-23/h6-8,10-15,18-19,34-35H,9,16-17,20H2,1-5H3. The molecule has 0 fully saturated rings. The number of nitrogens with one attached hydrogen (secondary N) is 2. The predicted octanol–water partition coefficient (Wildman–Crippen LogP) is 5.82. The minimum atomic E-state index is -4.17. The fraction of sp³-hybridized carbons (Fsp3) is 0.333. The summed E-state index contributed by atoms with van der Waals surface area (Å²) in [6, 6.07) is 16.4. The molecular weight excluding hydrogens is 580 g/mol. The van der Waals surface area contributed by atoms with Crippen LogP contribution in [0.4, 0.5) is 0 Å². The first-order valence-electron chi connectivity index (χ1n) is 14.6. The van der Waals surface area contributed by atoms with Gasteiger partial charge in [0.05, 0.1) is 22.2 Å². The lowest BCUT2D eigenvalue weighted by Crippen LogP contribution is -2.31. The van der Waals surface area contributed by atoms with Gasteiger partial charge in [-0.1, -0.05) is 45.0 Å². The smallest absolute Gasteiger partial charge is 0.414 e. The van der Waals surface area contributed by atoms with Crippen LogP contribution < -0.4 is 19.7 Å². The molecule has 5 aromatic rings. The van der Waals surface area contributed by atoms with Gasteiger partial charge in [0, 0.05) is 34.0 Å². The summed E-state index contributed by atoms with van der Waals surface area (Å²) in [6.45, 7) is 11.9. The van der Waals surface area contributed by atoms with E-state index in [9.17, 15) is 13.6 Å². The Balaban J connectivity index is 1.19. The normalized spacial score (nSPS) is 14.6. The van der Waals surface area contributed by atoms with Crippen molar-refractivity contribution in [1.82, 2.24) is 15.5 Å². The molecule has 2 aromatic heterocycles. The first kappa shape index (κ1) is 29.7. The van der Waals surface area contributed by atoms with Gasteiger partial charge in [-0.15, -0.1) is 0 Å². The van der Waals surface area contributed by atoms with Crippen LogP contribution >= 0.6 is 0 Å². The molecule has 11 heteroatoms. The van der Waals surface area contributed by atoms with Crippen LogP contribution in [-0.2, 0) is 21.8 Å². The summed E-state index contributed by atoms with van der Waals surface area (Å²) in [6.07, 6.45) is 4.74. The molecule has 0 bridgehead atoms. The van der Waals surface area contributed by atoms with Gasteiger partial charge in [-0.05, 0) is 85.2 Å². The first-order chi connectivity index (χ1) is 20.8. The molecule has 10 nitrogen and oxygen atoms in total. The minimum absolute atomic E-state index is 0.0257. The van der Waals surface area contributed by atoms with Crippen LogP contribution in [0.25, 0.3) is 27.9 Å². The molecular formula is C33H36N4O6S. The van der Waals surface area contributed by atoms with Crippen LogP contribution in [0.15, 0.2) is 75.2 Å². The molecule has 6 rings (SSSR count). The molecule has 0 aliphatic carbocycles. The van der Waals surface area contributed by atoms with Crippen LogP contribution in [0.1, 0.15) is 57.7 Å². The lowest BCUT2D eigenvalue weighted by molar-refractivity contribution is -0.832. The van der Waals surface area contributed by atoms with Gasteiger partial charge in [-0.3, -0.25) is 4.63 Å². The number of ether oxygens (including phenoxy) is 2. The summed E-state index contributed by atoms with van der Waals surface area (Å²) >= 11 is 0. The van der Waals surface area contributed by atoms with Crippen LogP contribution in [0.5, 0.6) is 11.6 Å². The van der Waals surface area contributed by atoms with Gasteiger partial charge in [0.15, 0.2) is 0 Å². The van der Waals surface area contributed by atoms with Crippen molar-refractivity contribution in [2.24, 2.45) is 0 Å². The second-order valence-electron chi connectivity index (χ2n) is 12.6. The van der Waals surface area contributed by atoms with E-state index in [4.69, 9.17) is 9.47 Å². The summed E-state index contributed by atoms with van der Waals surface area (Å²) < 4.78 is 42.6. The van der Waals surface area contributed by atoms with Crippen molar-refractivity contribution in [3.05, 3.63) is 82.6 Å². The molecule has 1 aliphatic rings. The highest BCUT2D eigenvalue weighted by molar-refractivity contribution is 7.91. The van der Waals surface area contributed by atoms with Crippen LogP contribution in [0, 0.1) is 5.21 Å². The van der Waals surface area contributed by atoms with Gasteiger partial charge in [-0.25, -0.2) is 8.42 Å². The fourth-order valence-electron chi connectivity index (χ4n) is 5.39. The zero-order valence-corrected chi connectivity index (χ0v) is 26.2. The van der Waals surface area contributed by atoms with Crippen LogP contribution in [-0.4, -0.2) is 37.3 Å². The van der Waals surface area contributed by atoms with Gasteiger partial charge in [0.2, 0.25) is 0 Å². The van der Waals surface area contributed by atoms with Crippen molar-refractivity contribution in [3.8, 4) is 11.6 Å². The monoisotopic (exact) mass is 616 g/mol. The summed E-state index contributed by atoms with van der Waals surface area (Å²) in [4.78, 5) is 3.43. The molecule has 0 saturated carbocycles. The first-order valence-corrected chi connectivity index (χ1v) is 16.1. The number of rotatable bonds is 9. The highest BCUT2D eigenvalue weighted by Gasteiger charge is 2.35. The molecule has 44 heavy (non-hydrogen) atoms. The maximum Gasteiger partial charge on any atom is 0.414 e. The second-order valence-corrected chi connectivity index (χ2v) is 14.5. The predicted molar refractivity (Wildman–Crippen MR) is 167 cm³/mol. The summed E-state index contributed by atoms with van der Waals surface area (Å²) in [5, 5.41) is 20.8. The zero-order chi connectivity index (χ0) is 31.3. The molecule has 0 spiro atoms. The van der Waals surface area contributed by atoms with E-state index in [0.29, 0.717) is 19.5 Å². The molecule has 230 valence electrons. The molecule has 0 unspecified atom stereocenters.